The van der Waals surface area contributed by atoms with E-state index in [1.54, 1.807) is 0 Å². The molecule has 2 rings (SSSR count). The van der Waals surface area contributed by atoms with Gasteiger partial charge in [-0.25, -0.2) is 0 Å². The van der Waals surface area contributed by atoms with Crippen LogP contribution in [-0.2, 0) is 6.42 Å². The first-order chi connectivity index (χ1) is 6.10. The topological polar surface area (TPSA) is 26.0 Å². The van der Waals surface area contributed by atoms with Crippen molar-refractivity contribution in [3.8, 4) is 0 Å². The molecule has 2 heteroatoms. The highest BCUT2D eigenvalue weighted by Gasteiger charge is 2.46. The number of hydrogen-bond acceptors (Lipinski definition) is 1. The molecule has 0 amide bonds. The Kier molecular flexibility index (Phi) is 2.20. The molecule has 2 unspecified atom stereocenters. The molecule has 13 heavy (non-hydrogen) atoms. The Bertz CT molecular complexity index is 306. The molecule has 1 aliphatic carbocycles. The maximum absolute atomic E-state index is 6.15. The normalized spacial score (nSPS) is 31.8. The largest absolute Gasteiger partial charge is 0.325 e. The van der Waals surface area contributed by atoms with Gasteiger partial charge >= 0.3 is 0 Å². The fraction of sp³-hybridized carbons (Fsp3) is 0.455. The zero-order valence-electron chi connectivity index (χ0n) is 7.76. The molecule has 0 bridgehead atoms. The highest BCUT2D eigenvalue weighted by molar-refractivity contribution is 9.10. The standard InChI is InChI=1S/C11H14BrN/c1-8-6-11(8,13)7-9-2-4-10(12)5-3-9/h2-5,8H,6-7,13H2,1H3. The lowest BCUT2D eigenvalue weighted by Gasteiger charge is -2.09. The fourth-order valence-corrected chi connectivity index (χ4v) is 2.00. The van der Waals surface area contributed by atoms with Gasteiger partial charge in [-0.3, -0.25) is 0 Å². The van der Waals surface area contributed by atoms with Crippen LogP contribution >= 0.6 is 15.9 Å². The number of nitrogens with two attached hydrogens (primary N) is 1. The summed E-state index contributed by atoms with van der Waals surface area (Å²) in [4.78, 5) is 0. The van der Waals surface area contributed by atoms with E-state index in [-0.39, 0.29) is 5.54 Å². The molecule has 0 spiro atoms. The summed E-state index contributed by atoms with van der Waals surface area (Å²) in [6.45, 7) is 2.22. The first-order valence-electron chi connectivity index (χ1n) is 4.63. The molecule has 1 aromatic carbocycles. The van der Waals surface area contributed by atoms with Crippen LogP contribution in [0, 0.1) is 5.92 Å². The Morgan fingerprint density at radius 3 is 2.46 bits per heavy atom. The van der Waals surface area contributed by atoms with Gasteiger partial charge in [0.1, 0.15) is 0 Å². The second kappa shape index (κ2) is 3.10. The van der Waals surface area contributed by atoms with Crippen molar-refractivity contribution in [2.45, 2.75) is 25.3 Å². The van der Waals surface area contributed by atoms with Gasteiger partial charge in [-0.1, -0.05) is 35.0 Å². The summed E-state index contributed by atoms with van der Waals surface area (Å²) < 4.78 is 1.13. The molecule has 1 saturated carbocycles. The smallest absolute Gasteiger partial charge is 0.0224 e. The van der Waals surface area contributed by atoms with E-state index < -0.39 is 0 Å². The molecule has 1 fully saturated rings. The summed E-state index contributed by atoms with van der Waals surface area (Å²) in [7, 11) is 0. The molecule has 0 aliphatic heterocycles. The van der Waals surface area contributed by atoms with Crippen molar-refractivity contribution in [2.75, 3.05) is 0 Å². The lowest BCUT2D eigenvalue weighted by atomic mass is 10.0. The van der Waals surface area contributed by atoms with Crippen LogP contribution in [0.3, 0.4) is 0 Å². The fourth-order valence-electron chi connectivity index (χ4n) is 1.74. The minimum absolute atomic E-state index is 0.0911. The summed E-state index contributed by atoms with van der Waals surface area (Å²) in [6.07, 6.45) is 2.19. The minimum Gasteiger partial charge on any atom is -0.325 e. The van der Waals surface area contributed by atoms with Gasteiger partial charge in [0.15, 0.2) is 0 Å². The zero-order valence-corrected chi connectivity index (χ0v) is 9.34. The van der Waals surface area contributed by atoms with Crippen molar-refractivity contribution in [3.05, 3.63) is 34.3 Å². The van der Waals surface area contributed by atoms with Gasteiger partial charge in [0.25, 0.3) is 0 Å². The number of rotatable bonds is 2. The van der Waals surface area contributed by atoms with Gasteiger partial charge in [0, 0.05) is 10.0 Å². The summed E-state index contributed by atoms with van der Waals surface area (Å²) >= 11 is 3.42. The molecule has 2 atom stereocenters. The van der Waals surface area contributed by atoms with Gasteiger partial charge < -0.3 is 5.73 Å². The monoisotopic (exact) mass is 239 g/mol. The van der Waals surface area contributed by atoms with E-state index in [1.165, 1.54) is 12.0 Å². The Morgan fingerprint density at radius 1 is 1.46 bits per heavy atom. The third kappa shape index (κ3) is 1.94. The first kappa shape index (κ1) is 9.22. The van der Waals surface area contributed by atoms with Crippen LogP contribution in [0.2, 0.25) is 0 Å². The molecular formula is C11H14BrN. The van der Waals surface area contributed by atoms with Crippen LogP contribution in [0.15, 0.2) is 28.7 Å². The van der Waals surface area contributed by atoms with Crippen molar-refractivity contribution in [2.24, 2.45) is 11.7 Å². The number of hydrogen-bond donors (Lipinski definition) is 1. The Morgan fingerprint density at radius 2 is 2.00 bits per heavy atom. The van der Waals surface area contributed by atoms with Crippen LogP contribution < -0.4 is 5.73 Å². The highest BCUT2D eigenvalue weighted by Crippen LogP contribution is 2.42. The molecule has 1 aromatic rings. The second-order valence-electron chi connectivity index (χ2n) is 4.14. The van der Waals surface area contributed by atoms with Crippen LogP contribution in [0.1, 0.15) is 18.9 Å². The second-order valence-corrected chi connectivity index (χ2v) is 5.06. The molecule has 1 aliphatic rings. The minimum atomic E-state index is 0.0911. The lowest BCUT2D eigenvalue weighted by molar-refractivity contribution is 0.615. The van der Waals surface area contributed by atoms with E-state index in [1.807, 2.05) is 0 Å². The molecule has 0 radical (unpaired) electrons. The molecule has 0 saturated heterocycles. The van der Waals surface area contributed by atoms with Crippen molar-refractivity contribution >= 4 is 15.9 Å². The molecule has 70 valence electrons. The third-order valence-electron chi connectivity index (χ3n) is 2.95. The van der Waals surface area contributed by atoms with E-state index in [0.29, 0.717) is 5.92 Å². The van der Waals surface area contributed by atoms with E-state index in [0.717, 1.165) is 10.9 Å². The van der Waals surface area contributed by atoms with E-state index in [4.69, 9.17) is 5.73 Å². The van der Waals surface area contributed by atoms with E-state index in [2.05, 4.69) is 47.1 Å². The lowest BCUT2D eigenvalue weighted by Crippen LogP contribution is -2.27. The Balaban J connectivity index is 2.07. The molecule has 2 N–H and O–H groups in total. The average molecular weight is 240 g/mol. The Hall–Kier alpha value is -0.340. The van der Waals surface area contributed by atoms with Crippen LogP contribution in [0.5, 0.6) is 0 Å². The van der Waals surface area contributed by atoms with E-state index >= 15 is 0 Å². The SMILES string of the molecule is CC1CC1(N)Cc1ccc(Br)cc1. The van der Waals surface area contributed by atoms with Crippen LogP contribution in [0.4, 0.5) is 0 Å². The van der Waals surface area contributed by atoms with Crippen LogP contribution in [-0.4, -0.2) is 5.54 Å². The number of benzene rings is 1. The Labute approximate surface area is 87.5 Å². The van der Waals surface area contributed by atoms with Gasteiger partial charge in [0.05, 0.1) is 0 Å². The summed E-state index contributed by atoms with van der Waals surface area (Å²) in [5, 5.41) is 0. The zero-order chi connectivity index (χ0) is 9.47. The predicted octanol–water partition coefficient (Wildman–Crippen LogP) is 2.73. The van der Waals surface area contributed by atoms with Crippen LogP contribution in [0.25, 0.3) is 0 Å². The molecule has 0 aromatic heterocycles. The van der Waals surface area contributed by atoms with E-state index in [9.17, 15) is 0 Å². The maximum Gasteiger partial charge on any atom is 0.0224 e. The summed E-state index contributed by atoms with van der Waals surface area (Å²) in [5.41, 5.74) is 7.58. The van der Waals surface area contributed by atoms with Gasteiger partial charge in [-0.15, -0.1) is 0 Å². The van der Waals surface area contributed by atoms with Crippen molar-refractivity contribution in [3.63, 3.8) is 0 Å². The van der Waals surface area contributed by atoms with Crippen molar-refractivity contribution in [1.82, 2.24) is 0 Å². The maximum atomic E-state index is 6.15. The average Bonchev–Trinajstić information content (AvgIpc) is 2.65. The van der Waals surface area contributed by atoms with Gasteiger partial charge in [0.2, 0.25) is 0 Å². The third-order valence-corrected chi connectivity index (χ3v) is 3.48. The summed E-state index contributed by atoms with van der Waals surface area (Å²) in [6, 6.07) is 8.44. The first-order valence-corrected chi connectivity index (χ1v) is 5.43. The quantitative estimate of drug-likeness (QED) is 0.845. The molecule has 1 nitrogen and oxygen atoms in total. The number of halogens is 1. The highest BCUT2D eigenvalue weighted by atomic mass is 79.9. The molecular weight excluding hydrogens is 226 g/mol. The predicted molar refractivity (Wildman–Crippen MR) is 58.5 cm³/mol. The molecule has 0 heterocycles. The van der Waals surface area contributed by atoms with Crippen molar-refractivity contribution in [1.29, 1.82) is 0 Å². The van der Waals surface area contributed by atoms with Crippen molar-refractivity contribution < 1.29 is 0 Å². The summed E-state index contributed by atoms with van der Waals surface area (Å²) in [5.74, 6) is 0.691. The van der Waals surface area contributed by atoms with Gasteiger partial charge in [-0.05, 0) is 36.5 Å². The van der Waals surface area contributed by atoms with Gasteiger partial charge in [-0.2, -0.15) is 0 Å².